The molecular weight excluding hydrogens is 457 g/mol. The van der Waals surface area contributed by atoms with Gasteiger partial charge in [0.25, 0.3) is 0 Å². The fourth-order valence-electron chi connectivity index (χ4n) is 4.55. The summed E-state index contributed by atoms with van der Waals surface area (Å²) in [5.74, 6) is 0.0773. The van der Waals surface area contributed by atoms with Crippen LogP contribution in [0.15, 0.2) is 72.8 Å². The molecule has 2 aromatic carbocycles. The second-order valence-electron chi connectivity index (χ2n) is 9.42. The molecule has 2 heterocycles. The molecule has 6 nitrogen and oxygen atoms in total. The first-order chi connectivity index (χ1) is 17.4. The summed E-state index contributed by atoms with van der Waals surface area (Å²) in [5, 5.41) is 3.09. The molecule has 188 valence electrons. The largest absolute Gasteiger partial charge is 0.481 e. The number of carbonyl (C=O) groups is 2. The number of halogens is 1. The molecule has 0 unspecified atom stereocenters. The number of likely N-dealkylation sites (tertiary alicyclic amines) is 1. The van der Waals surface area contributed by atoms with Gasteiger partial charge in [0.1, 0.15) is 12.2 Å². The van der Waals surface area contributed by atoms with Crippen molar-refractivity contribution in [2.45, 2.75) is 50.9 Å². The number of nitrogens with zero attached hydrogens (tertiary/aromatic N) is 2. The Bertz CT molecular complexity index is 1180. The first kappa shape index (κ1) is 25.4. The third-order valence-corrected chi connectivity index (χ3v) is 6.55. The molecule has 1 fully saturated rings. The van der Waals surface area contributed by atoms with E-state index in [-0.39, 0.29) is 31.2 Å². The lowest BCUT2D eigenvalue weighted by atomic mass is 9.95. The van der Waals surface area contributed by atoms with Gasteiger partial charge in [0.15, 0.2) is 0 Å². The smallest absolute Gasteiger partial charge is 0.243 e. The molecule has 4 rings (SSSR count). The van der Waals surface area contributed by atoms with Crippen molar-refractivity contribution in [2.24, 2.45) is 0 Å². The van der Waals surface area contributed by atoms with E-state index in [2.05, 4.69) is 36.3 Å². The molecule has 1 saturated heterocycles. The van der Waals surface area contributed by atoms with Crippen molar-refractivity contribution < 1.29 is 18.7 Å². The molecule has 0 saturated carbocycles. The average molecular weight is 490 g/mol. The van der Waals surface area contributed by atoms with Gasteiger partial charge in [0.05, 0.1) is 31.8 Å². The maximum atomic E-state index is 14.5. The van der Waals surface area contributed by atoms with E-state index in [9.17, 15) is 14.0 Å². The molecule has 0 bridgehead atoms. The highest BCUT2D eigenvalue weighted by atomic mass is 19.1. The van der Waals surface area contributed by atoms with Crippen molar-refractivity contribution in [3.8, 4) is 5.88 Å². The van der Waals surface area contributed by atoms with Gasteiger partial charge >= 0.3 is 0 Å². The minimum atomic E-state index is -1.26. The van der Waals surface area contributed by atoms with E-state index in [0.29, 0.717) is 17.5 Å². The summed E-state index contributed by atoms with van der Waals surface area (Å²) in [5.41, 5.74) is 3.55. The van der Waals surface area contributed by atoms with E-state index in [1.54, 1.807) is 18.2 Å². The van der Waals surface area contributed by atoms with Crippen LogP contribution in [-0.4, -0.2) is 47.6 Å². The van der Waals surface area contributed by atoms with Crippen LogP contribution in [0.1, 0.15) is 54.6 Å². The standard InChI is InChI=1S/C29H32FN3O3/c1-19(2)20-12-14-22(15-13-20)28(21-8-5-4-6-9-21)32-29(35)25-16-23(30)18-33(25)27(34)17-24-10-7-11-26(31-24)36-3/h4-15,19,23,25,28H,16-18H2,1-3H3,(H,32,35)/t23-,25+,28+/m1/s1. The Morgan fingerprint density at radius 1 is 1.00 bits per heavy atom. The van der Waals surface area contributed by atoms with Crippen LogP contribution in [0.5, 0.6) is 5.88 Å². The molecule has 1 N–H and O–H groups in total. The van der Waals surface area contributed by atoms with Crippen LogP contribution in [0.2, 0.25) is 0 Å². The van der Waals surface area contributed by atoms with Crippen molar-refractivity contribution in [1.29, 1.82) is 0 Å². The van der Waals surface area contributed by atoms with Crippen LogP contribution in [0, 0.1) is 0 Å². The van der Waals surface area contributed by atoms with E-state index in [1.807, 2.05) is 42.5 Å². The van der Waals surface area contributed by atoms with Crippen molar-refractivity contribution in [3.63, 3.8) is 0 Å². The number of nitrogens with one attached hydrogen (secondary N) is 1. The number of amides is 2. The van der Waals surface area contributed by atoms with Crippen LogP contribution in [-0.2, 0) is 16.0 Å². The second-order valence-corrected chi connectivity index (χ2v) is 9.42. The lowest BCUT2D eigenvalue weighted by Gasteiger charge is -2.27. The minimum Gasteiger partial charge on any atom is -0.481 e. The molecule has 1 aliphatic heterocycles. The van der Waals surface area contributed by atoms with Gasteiger partial charge in [-0.1, -0.05) is 74.5 Å². The molecule has 3 atom stereocenters. The maximum absolute atomic E-state index is 14.5. The highest BCUT2D eigenvalue weighted by molar-refractivity contribution is 5.89. The molecule has 1 aliphatic rings. The zero-order valence-electron chi connectivity index (χ0n) is 20.9. The molecule has 36 heavy (non-hydrogen) atoms. The number of alkyl halides is 1. The highest BCUT2D eigenvalue weighted by Gasteiger charge is 2.40. The summed E-state index contributed by atoms with van der Waals surface area (Å²) < 4.78 is 19.6. The highest BCUT2D eigenvalue weighted by Crippen LogP contribution is 2.27. The van der Waals surface area contributed by atoms with E-state index >= 15 is 0 Å². The Morgan fingerprint density at radius 3 is 2.33 bits per heavy atom. The normalized spacial score (nSPS) is 18.2. The van der Waals surface area contributed by atoms with Crippen molar-refractivity contribution in [3.05, 3.63) is 95.2 Å². The quantitative estimate of drug-likeness (QED) is 0.502. The van der Waals surface area contributed by atoms with Crippen LogP contribution >= 0.6 is 0 Å². The fourth-order valence-corrected chi connectivity index (χ4v) is 4.55. The number of aromatic nitrogens is 1. The maximum Gasteiger partial charge on any atom is 0.243 e. The number of rotatable bonds is 8. The molecule has 7 heteroatoms. The Kier molecular flexibility index (Phi) is 7.98. The van der Waals surface area contributed by atoms with E-state index in [0.717, 1.165) is 11.1 Å². The molecule has 0 spiro atoms. The molecule has 2 amide bonds. The summed E-state index contributed by atoms with van der Waals surface area (Å²) in [6, 6.07) is 21.6. The van der Waals surface area contributed by atoms with Gasteiger partial charge in [0, 0.05) is 12.5 Å². The van der Waals surface area contributed by atoms with Crippen LogP contribution < -0.4 is 10.1 Å². The molecule has 3 aromatic rings. The Hall–Kier alpha value is -3.74. The number of hydrogen-bond acceptors (Lipinski definition) is 4. The third-order valence-electron chi connectivity index (χ3n) is 6.55. The number of ether oxygens (including phenoxy) is 1. The van der Waals surface area contributed by atoms with Gasteiger partial charge in [-0.15, -0.1) is 0 Å². The summed E-state index contributed by atoms with van der Waals surface area (Å²) in [7, 11) is 1.50. The fraction of sp³-hybridized carbons (Fsp3) is 0.345. The van der Waals surface area contributed by atoms with Gasteiger partial charge < -0.3 is 15.0 Å². The second kappa shape index (κ2) is 11.3. The zero-order chi connectivity index (χ0) is 25.7. The number of pyridine rings is 1. The van der Waals surface area contributed by atoms with Gasteiger partial charge in [-0.2, -0.15) is 0 Å². The van der Waals surface area contributed by atoms with Crippen molar-refractivity contribution in [2.75, 3.05) is 13.7 Å². The van der Waals surface area contributed by atoms with E-state index in [4.69, 9.17) is 4.74 Å². The predicted molar refractivity (Wildman–Crippen MR) is 136 cm³/mol. The van der Waals surface area contributed by atoms with Gasteiger partial charge in [-0.05, 0) is 28.7 Å². The lowest BCUT2D eigenvalue weighted by molar-refractivity contribution is -0.138. The van der Waals surface area contributed by atoms with Crippen LogP contribution in [0.25, 0.3) is 0 Å². The topological polar surface area (TPSA) is 71.5 Å². The van der Waals surface area contributed by atoms with Crippen LogP contribution in [0.3, 0.4) is 0 Å². The molecule has 0 radical (unpaired) electrons. The first-order valence-electron chi connectivity index (χ1n) is 12.2. The molecule has 0 aliphatic carbocycles. The summed E-state index contributed by atoms with van der Waals surface area (Å²) >= 11 is 0. The van der Waals surface area contributed by atoms with Gasteiger partial charge in [0.2, 0.25) is 17.7 Å². The monoisotopic (exact) mass is 489 g/mol. The van der Waals surface area contributed by atoms with Crippen molar-refractivity contribution in [1.82, 2.24) is 15.2 Å². The van der Waals surface area contributed by atoms with Gasteiger partial charge in [-0.25, -0.2) is 9.37 Å². The van der Waals surface area contributed by atoms with Crippen molar-refractivity contribution >= 4 is 11.8 Å². The molecule has 1 aromatic heterocycles. The number of hydrogen-bond donors (Lipinski definition) is 1. The third kappa shape index (κ3) is 5.90. The predicted octanol–water partition coefficient (Wildman–Crippen LogP) is 4.60. The number of carbonyl (C=O) groups excluding carboxylic acids is 2. The zero-order valence-corrected chi connectivity index (χ0v) is 20.9. The Morgan fingerprint density at radius 2 is 1.67 bits per heavy atom. The summed E-state index contributed by atoms with van der Waals surface area (Å²) in [6.07, 6.45) is -1.33. The lowest BCUT2D eigenvalue weighted by Crippen LogP contribution is -2.47. The van der Waals surface area contributed by atoms with E-state index in [1.165, 1.54) is 17.6 Å². The summed E-state index contributed by atoms with van der Waals surface area (Å²) in [4.78, 5) is 32.2. The van der Waals surface area contributed by atoms with Gasteiger partial charge in [-0.3, -0.25) is 9.59 Å². The van der Waals surface area contributed by atoms with Crippen LogP contribution in [0.4, 0.5) is 4.39 Å². The minimum absolute atomic E-state index is 0.0308. The summed E-state index contributed by atoms with van der Waals surface area (Å²) in [6.45, 7) is 4.15. The Labute approximate surface area is 211 Å². The number of methoxy groups -OCH3 is 1. The first-order valence-corrected chi connectivity index (χ1v) is 12.2. The SMILES string of the molecule is COc1cccc(CC(=O)N2C[C@H](F)C[C@H]2C(=O)N[C@@H](c2ccccc2)c2ccc(C(C)C)cc2)n1. The Balaban J connectivity index is 1.54. The van der Waals surface area contributed by atoms with E-state index < -0.39 is 18.3 Å². The average Bonchev–Trinajstić information content (AvgIpc) is 3.30. The number of benzene rings is 2. The molecular formula is C29H32FN3O3.